The molecule has 0 bridgehead atoms. The first kappa shape index (κ1) is 32.3. The number of nitrogens with one attached hydrogen (secondary N) is 4. The normalized spacial score (nSPS) is 15.1. The van der Waals surface area contributed by atoms with E-state index in [0.717, 1.165) is 16.5 Å². The van der Waals surface area contributed by atoms with Crippen LogP contribution in [0.2, 0.25) is 0 Å². The van der Waals surface area contributed by atoms with Gasteiger partial charge in [-0.3, -0.25) is 19.2 Å². The number of para-hydroxylation sites is 1. The van der Waals surface area contributed by atoms with E-state index in [2.05, 4.69) is 20.9 Å². The lowest BCUT2D eigenvalue weighted by Gasteiger charge is -2.26. The molecule has 0 aliphatic carbocycles. The predicted molar refractivity (Wildman–Crippen MR) is 151 cm³/mol. The summed E-state index contributed by atoms with van der Waals surface area (Å²) >= 11 is 0. The number of amides is 4. The molecule has 0 saturated carbocycles. The Morgan fingerprint density at radius 3 is 2.12 bits per heavy atom. The smallest absolute Gasteiger partial charge is 0.326 e. The van der Waals surface area contributed by atoms with E-state index in [1.165, 1.54) is 0 Å². The molecule has 1 heterocycles. The first-order valence-electron chi connectivity index (χ1n) is 13.6. The molecule has 0 aliphatic rings. The molecule has 40 heavy (non-hydrogen) atoms. The molecule has 5 unspecified atom stereocenters. The van der Waals surface area contributed by atoms with Gasteiger partial charge in [-0.15, -0.1) is 0 Å². The fraction of sp³-hybridized carbons (Fsp3) is 0.536. The van der Waals surface area contributed by atoms with Crippen molar-refractivity contribution in [1.29, 1.82) is 0 Å². The van der Waals surface area contributed by atoms with Crippen molar-refractivity contribution in [3.8, 4) is 0 Å². The summed E-state index contributed by atoms with van der Waals surface area (Å²) in [5.41, 5.74) is 12.8. The Morgan fingerprint density at radius 1 is 0.925 bits per heavy atom. The molecule has 2 aromatic rings. The number of aromatic amines is 1. The first-order chi connectivity index (χ1) is 18.8. The zero-order valence-electron chi connectivity index (χ0n) is 23.5. The van der Waals surface area contributed by atoms with Crippen molar-refractivity contribution >= 4 is 40.5 Å². The molecule has 0 aliphatic heterocycles. The third-order valence-electron chi connectivity index (χ3n) is 6.93. The number of hydrogen-bond donors (Lipinski definition) is 7. The standard InChI is InChI=1S/C28H42N6O6/c1-5-16(4)24(30)27(38)32-20(10-11-23(29)35)25(36)33-21(12-15(2)3)26(37)34-22(28(39)40)13-17-14-31-19-9-7-6-8-18(17)19/h6-9,14-16,20-22,24,31H,5,10-13,30H2,1-4H3,(H2,29,35)(H,32,38)(H,33,36)(H,34,37)(H,39,40). The number of carbonyl (C=O) groups excluding carboxylic acids is 4. The van der Waals surface area contributed by atoms with E-state index in [9.17, 15) is 29.1 Å². The highest BCUT2D eigenvalue weighted by molar-refractivity contribution is 5.94. The molecule has 4 amide bonds. The molecule has 1 aromatic heterocycles. The van der Waals surface area contributed by atoms with E-state index in [1.54, 1.807) is 13.1 Å². The van der Waals surface area contributed by atoms with E-state index in [4.69, 9.17) is 11.5 Å². The summed E-state index contributed by atoms with van der Waals surface area (Å²) in [5.74, 6) is -4.00. The number of rotatable bonds is 16. The highest BCUT2D eigenvalue weighted by atomic mass is 16.4. The molecule has 220 valence electrons. The van der Waals surface area contributed by atoms with Gasteiger partial charge in [0, 0.05) is 29.9 Å². The topological polar surface area (TPSA) is 209 Å². The van der Waals surface area contributed by atoms with Gasteiger partial charge >= 0.3 is 5.97 Å². The van der Waals surface area contributed by atoms with Gasteiger partial charge in [-0.1, -0.05) is 52.3 Å². The van der Waals surface area contributed by atoms with Crippen LogP contribution in [0, 0.1) is 11.8 Å². The minimum atomic E-state index is -1.25. The van der Waals surface area contributed by atoms with Gasteiger partial charge in [0.05, 0.1) is 6.04 Å². The maximum Gasteiger partial charge on any atom is 0.326 e. The first-order valence-corrected chi connectivity index (χ1v) is 13.6. The Morgan fingerprint density at radius 2 is 1.52 bits per heavy atom. The Hall–Kier alpha value is -3.93. The second-order valence-corrected chi connectivity index (χ2v) is 10.6. The predicted octanol–water partition coefficient (Wildman–Crippen LogP) is 0.934. The molecular formula is C28H42N6O6. The van der Waals surface area contributed by atoms with Crippen LogP contribution in [0.5, 0.6) is 0 Å². The number of primary amides is 1. The quantitative estimate of drug-likeness (QED) is 0.158. The van der Waals surface area contributed by atoms with Crippen LogP contribution in [-0.4, -0.2) is 63.9 Å². The van der Waals surface area contributed by atoms with Gasteiger partial charge in [0.2, 0.25) is 23.6 Å². The number of carbonyl (C=O) groups is 5. The number of carboxylic acid groups (broad SMARTS) is 1. The lowest BCUT2D eigenvalue weighted by atomic mass is 9.98. The van der Waals surface area contributed by atoms with E-state index in [0.29, 0.717) is 6.42 Å². The molecule has 2 rings (SSSR count). The van der Waals surface area contributed by atoms with E-state index >= 15 is 0 Å². The number of hydrogen-bond acceptors (Lipinski definition) is 6. The molecule has 12 heteroatoms. The second-order valence-electron chi connectivity index (χ2n) is 10.6. The summed E-state index contributed by atoms with van der Waals surface area (Å²) in [6, 6.07) is 3.04. The molecule has 9 N–H and O–H groups in total. The minimum absolute atomic E-state index is 0.0260. The van der Waals surface area contributed by atoms with Crippen molar-refractivity contribution in [3.63, 3.8) is 0 Å². The van der Waals surface area contributed by atoms with Crippen molar-refractivity contribution in [2.45, 2.75) is 84.0 Å². The Kier molecular flexibility index (Phi) is 12.1. The van der Waals surface area contributed by atoms with Crippen molar-refractivity contribution in [2.24, 2.45) is 23.3 Å². The van der Waals surface area contributed by atoms with Gasteiger partial charge < -0.3 is 37.5 Å². The lowest BCUT2D eigenvalue weighted by Crippen LogP contribution is -2.58. The number of aromatic nitrogens is 1. The number of nitrogens with two attached hydrogens (primary N) is 2. The van der Waals surface area contributed by atoms with Gasteiger partial charge in [-0.05, 0) is 36.3 Å². The second kappa shape index (κ2) is 15.0. The number of H-pyrrole nitrogens is 1. The molecule has 0 radical (unpaired) electrons. The monoisotopic (exact) mass is 558 g/mol. The fourth-order valence-electron chi connectivity index (χ4n) is 4.30. The summed E-state index contributed by atoms with van der Waals surface area (Å²) < 4.78 is 0. The van der Waals surface area contributed by atoms with Crippen molar-refractivity contribution in [1.82, 2.24) is 20.9 Å². The lowest BCUT2D eigenvalue weighted by molar-refractivity contribution is -0.142. The third-order valence-corrected chi connectivity index (χ3v) is 6.93. The van der Waals surface area contributed by atoms with Crippen molar-refractivity contribution in [2.75, 3.05) is 0 Å². The number of aliphatic carboxylic acids is 1. The van der Waals surface area contributed by atoms with Crippen LogP contribution in [-0.2, 0) is 30.4 Å². The van der Waals surface area contributed by atoms with Crippen molar-refractivity contribution < 1.29 is 29.1 Å². The van der Waals surface area contributed by atoms with E-state index in [-0.39, 0.29) is 37.5 Å². The van der Waals surface area contributed by atoms with Crippen LogP contribution in [0.1, 0.15) is 58.9 Å². The Bertz CT molecular complexity index is 1190. The highest BCUT2D eigenvalue weighted by Gasteiger charge is 2.32. The fourth-order valence-corrected chi connectivity index (χ4v) is 4.30. The van der Waals surface area contributed by atoms with Gasteiger partial charge in [0.15, 0.2) is 0 Å². The Balaban J connectivity index is 2.20. The highest BCUT2D eigenvalue weighted by Crippen LogP contribution is 2.19. The largest absolute Gasteiger partial charge is 0.480 e. The SMILES string of the molecule is CCC(C)C(N)C(=O)NC(CCC(N)=O)C(=O)NC(CC(C)C)C(=O)NC(Cc1c[nH]c2ccccc12)C(=O)O. The van der Waals surface area contributed by atoms with Gasteiger partial charge in [0.1, 0.15) is 18.1 Å². The summed E-state index contributed by atoms with van der Waals surface area (Å²) in [6.07, 6.45) is 2.32. The molecule has 0 fully saturated rings. The Labute approximate surface area is 234 Å². The van der Waals surface area contributed by atoms with Crippen LogP contribution in [0.15, 0.2) is 30.5 Å². The molecule has 12 nitrogen and oxygen atoms in total. The third kappa shape index (κ3) is 9.37. The molecular weight excluding hydrogens is 516 g/mol. The zero-order chi connectivity index (χ0) is 30.0. The number of benzene rings is 1. The van der Waals surface area contributed by atoms with Gasteiger partial charge in [-0.2, -0.15) is 0 Å². The average Bonchev–Trinajstić information content (AvgIpc) is 3.31. The van der Waals surface area contributed by atoms with E-state index in [1.807, 2.05) is 45.0 Å². The average molecular weight is 559 g/mol. The molecule has 0 saturated heterocycles. The minimum Gasteiger partial charge on any atom is -0.480 e. The number of fused-ring (bicyclic) bond motifs is 1. The van der Waals surface area contributed by atoms with Gasteiger partial charge in [0.25, 0.3) is 0 Å². The molecule has 1 aromatic carbocycles. The van der Waals surface area contributed by atoms with Crippen LogP contribution in [0.3, 0.4) is 0 Å². The van der Waals surface area contributed by atoms with Crippen LogP contribution in [0.4, 0.5) is 0 Å². The van der Waals surface area contributed by atoms with Gasteiger partial charge in [-0.25, -0.2) is 4.79 Å². The molecule has 5 atom stereocenters. The van der Waals surface area contributed by atoms with E-state index < -0.39 is 53.8 Å². The van der Waals surface area contributed by atoms with Crippen LogP contribution in [0.25, 0.3) is 10.9 Å². The molecule has 0 spiro atoms. The summed E-state index contributed by atoms with van der Waals surface area (Å²) in [6.45, 7) is 7.39. The summed E-state index contributed by atoms with van der Waals surface area (Å²) in [7, 11) is 0. The van der Waals surface area contributed by atoms with Crippen molar-refractivity contribution in [3.05, 3.63) is 36.0 Å². The summed E-state index contributed by atoms with van der Waals surface area (Å²) in [5, 5.41) is 18.5. The van der Waals surface area contributed by atoms with Crippen LogP contribution >= 0.6 is 0 Å². The maximum atomic E-state index is 13.3. The summed E-state index contributed by atoms with van der Waals surface area (Å²) in [4.78, 5) is 65.8. The number of carboxylic acids is 1. The zero-order valence-corrected chi connectivity index (χ0v) is 23.5. The maximum absolute atomic E-state index is 13.3. The van der Waals surface area contributed by atoms with Crippen LogP contribution < -0.4 is 27.4 Å².